The zero-order valence-corrected chi connectivity index (χ0v) is 15.9. The second kappa shape index (κ2) is 8.65. The molecule has 0 aromatic heterocycles. The van der Waals surface area contributed by atoms with Gasteiger partial charge in [-0.25, -0.2) is 4.39 Å². The number of anilines is 1. The molecule has 0 unspecified atom stereocenters. The van der Waals surface area contributed by atoms with E-state index >= 15 is 0 Å². The minimum absolute atomic E-state index is 0.0743. The first-order valence-corrected chi connectivity index (χ1v) is 8.78. The molecule has 25 heavy (non-hydrogen) atoms. The van der Waals surface area contributed by atoms with Crippen LogP contribution in [0.25, 0.3) is 0 Å². The molecule has 2 N–H and O–H groups in total. The monoisotopic (exact) mass is 382 g/mol. The Kier molecular flexibility index (Phi) is 6.82. The number of aryl methyl sites for hydroxylation is 1. The molecule has 2 aromatic carbocycles. The van der Waals surface area contributed by atoms with Crippen LogP contribution in [0.2, 0.25) is 10.0 Å². The summed E-state index contributed by atoms with van der Waals surface area (Å²) in [6.45, 7) is 6.00. The SMILES string of the molecule is Cc1ccc(Cl)c(NC(=O)CN[C@@H](c2ccc(F)cc2)C(C)C)c1Cl. The fourth-order valence-electron chi connectivity index (χ4n) is 2.57. The zero-order chi connectivity index (χ0) is 18.6. The largest absolute Gasteiger partial charge is 0.322 e. The number of carbonyl (C=O) groups excluding carboxylic acids is 1. The molecule has 1 atom stereocenters. The van der Waals surface area contributed by atoms with Crippen molar-refractivity contribution in [3.05, 3.63) is 63.4 Å². The molecule has 3 nitrogen and oxygen atoms in total. The van der Waals surface area contributed by atoms with Crippen molar-refractivity contribution in [3.63, 3.8) is 0 Å². The molecule has 1 amide bonds. The van der Waals surface area contributed by atoms with Crippen molar-refractivity contribution >= 4 is 34.8 Å². The van der Waals surface area contributed by atoms with Gasteiger partial charge in [-0.2, -0.15) is 0 Å². The molecule has 0 saturated carbocycles. The molecule has 0 heterocycles. The predicted molar refractivity (Wildman–Crippen MR) is 102 cm³/mol. The Morgan fingerprint density at radius 1 is 1.12 bits per heavy atom. The van der Waals surface area contributed by atoms with Crippen LogP contribution < -0.4 is 10.6 Å². The first kappa shape index (κ1) is 19.7. The number of hydrogen-bond acceptors (Lipinski definition) is 2. The highest BCUT2D eigenvalue weighted by atomic mass is 35.5. The maximum Gasteiger partial charge on any atom is 0.238 e. The van der Waals surface area contributed by atoms with Gasteiger partial charge in [0.25, 0.3) is 0 Å². The summed E-state index contributed by atoms with van der Waals surface area (Å²) >= 11 is 12.3. The topological polar surface area (TPSA) is 41.1 Å². The van der Waals surface area contributed by atoms with E-state index in [0.717, 1.165) is 11.1 Å². The molecule has 0 aliphatic carbocycles. The average molecular weight is 383 g/mol. The van der Waals surface area contributed by atoms with Crippen molar-refractivity contribution in [1.29, 1.82) is 0 Å². The molecule has 134 valence electrons. The molecule has 0 aliphatic heterocycles. The predicted octanol–water partition coefficient (Wildman–Crippen LogP) is 5.37. The Bertz CT molecular complexity index is 748. The number of amides is 1. The lowest BCUT2D eigenvalue weighted by Gasteiger charge is -2.23. The third-order valence-electron chi connectivity index (χ3n) is 3.93. The minimum Gasteiger partial charge on any atom is -0.322 e. The summed E-state index contributed by atoms with van der Waals surface area (Å²) in [5.74, 6) is -0.306. The molecule has 2 aromatic rings. The molecular weight excluding hydrogens is 362 g/mol. The Balaban J connectivity index is 2.05. The van der Waals surface area contributed by atoms with Crippen molar-refractivity contribution in [2.75, 3.05) is 11.9 Å². The van der Waals surface area contributed by atoms with Gasteiger partial charge in [0.05, 0.1) is 22.3 Å². The maximum atomic E-state index is 13.1. The highest BCUT2D eigenvalue weighted by molar-refractivity contribution is 6.40. The third-order valence-corrected chi connectivity index (χ3v) is 4.73. The van der Waals surface area contributed by atoms with Crippen molar-refractivity contribution in [2.45, 2.75) is 26.8 Å². The van der Waals surface area contributed by atoms with Crippen molar-refractivity contribution in [1.82, 2.24) is 5.32 Å². The summed E-state index contributed by atoms with van der Waals surface area (Å²) < 4.78 is 13.1. The van der Waals surface area contributed by atoms with E-state index in [1.54, 1.807) is 24.3 Å². The lowest BCUT2D eigenvalue weighted by Crippen LogP contribution is -2.33. The molecular formula is C19H21Cl2FN2O. The first-order chi connectivity index (χ1) is 11.8. The van der Waals surface area contributed by atoms with Crippen LogP contribution >= 0.6 is 23.2 Å². The van der Waals surface area contributed by atoms with Crippen LogP contribution in [0.1, 0.15) is 31.0 Å². The number of hydrogen-bond donors (Lipinski definition) is 2. The zero-order valence-electron chi connectivity index (χ0n) is 14.4. The van der Waals surface area contributed by atoms with E-state index in [0.29, 0.717) is 15.7 Å². The second-order valence-corrected chi connectivity index (χ2v) is 7.04. The van der Waals surface area contributed by atoms with Crippen LogP contribution in [0, 0.1) is 18.7 Å². The molecule has 6 heteroatoms. The molecule has 0 spiro atoms. The number of benzene rings is 2. The third kappa shape index (κ3) is 5.18. The van der Waals surface area contributed by atoms with E-state index in [1.807, 2.05) is 20.8 Å². The van der Waals surface area contributed by atoms with E-state index < -0.39 is 0 Å². The number of nitrogens with one attached hydrogen (secondary N) is 2. The van der Waals surface area contributed by atoms with Crippen LogP contribution in [-0.2, 0) is 4.79 Å². The highest BCUT2D eigenvalue weighted by Crippen LogP contribution is 2.32. The average Bonchev–Trinajstić information content (AvgIpc) is 2.56. The van der Waals surface area contributed by atoms with Gasteiger partial charge in [-0.1, -0.05) is 55.2 Å². The summed E-state index contributed by atoms with van der Waals surface area (Å²) in [6, 6.07) is 9.69. The fourth-order valence-corrected chi connectivity index (χ4v) is 3.03. The number of rotatable bonds is 6. The summed E-state index contributed by atoms with van der Waals surface area (Å²) in [5, 5.41) is 6.78. The summed E-state index contributed by atoms with van der Waals surface area (Å²) in [7, 11) is 0. The first-order valence-electron chi connectivity index (χ1n) is 8.03. The van der Waals surface area contributed by atoms with Gasteiger partial charge in [0.15, 0.2) is 0 Å². The standard InChI is InChI=1S/C19H21Cl2FN2O/c1-11(2)18(13-5-7-14(22)8-6-13)23-10-16(25)24-19-15(20)9-4-12(3)17(19)21/h4-9,11,18,23H,10H2,1-3H3,(H,24,25)/t18-/m1/s1. The summed E-state index contributed by atoms with van der Waals surface area (Å²) in [6.07, 6.45) is 0. The van der Waals surface area contributed by atoms with Crippen LogP contribution in [0.5, 0.6) is 0 Å². The molecule has 0 fully saturated rings. The smallest absolute Gasteiger partial charge is 0.238 e. The van der Waals surface area contributed by atoms with E-state index in [-0.39, 0.29) is 30.2 Å². The fraction of sp³-hybridized carbons (Fsp3) is 0.316. The van der Waals surface area contributed by atoms with Gasteiger partial charge in [-0.3, -0.25) is 4.79 Å². The van der Waals surface area contributed by atoms with Gasteiger partial charge >= 0.3 is 0 Å². The minimum atomic E-state index is -0.285. The molecule has 0 aliphatic rings. The maximum absolute atomic E-state index is 13.1. The van der Waals surface area contributed by atoms with E-state index in [9.17, 15) is 9.18 Å². The molecule has 2 rings (SSSR count). The van der Waals surface area contributed by atoms with E-state index in [4.69, 9.17) is 23.2 Å². The van der Waals surface area contributed by atoms with Crippen LogP contribution in [0.15, 0.2) is 36.4 Å². The Morgan fingerprint density at radius 2 is 1.76 bits per heavy atom. The van der Waals surface area contributed by atoms with Crippen LogP contribution in [0.4, 0.5) is 10.1 Å². The van der Waals surface area contributed by atoms with Crippen molar-refractivity contribution in [3.8, 4) is 0 Å². The lowest BCUT2D eigenvalue weighted by molar-refractivity contribution is -0.115. The van der Waals surface area contributed by atoms with Gasteiger partial charge in [0.1, 0.15) is 5.82 Å². The van der Waals surface area contributed by atoms with Gasteiger partial charge in [0.2, 0.25) is 5.91 Å². The summed E-state index contributed by atoms with van der Waals surface area (Å²) in [5.41, 5.74) is 2.18. The summed E-state index contributed by atoms with van der Waals surface area (Å²) in [4.78, 5) is 12.3. The molecule has 0 saturated heterocycles. The lowest BCUT2D eigenvalue weighted by atomic mass is 9.96. The van der Waals surface area contributed by atoms with Gasteiger partial charge in [-0.15, -0.1) is 0 Å². The second-order valence-electron chi connectivity index (χ2n) is 6.26. The van der Waals surface area contributed by atoms with E-state index in [1.165, 1.54) is 12.1 Å². The molecule has 0 bridgehead atoms. The molecule has 0 radical (unpaired) electrons. The van der Waals surface area contributed by atoms with Gasteiger partial charge in [0, 0.05) is 6.04 Å². The van der Waals surface area contributed by atoms with Gasteiger partial charge in [-0.05, 0) is 42.2 Å². The Morgan fingerprint density at radius 3 is 2.36 bits per heavy atom. The van der Waals surface area contributed by atoms with Crippen molar-refractivity contribution in [2.24, 2.45) is 5.92 Å². The van der Waals surface area contributed by atoms with E-state index in [2.05, 4.69) is 10.6 Å². The van der Waals surface area contributed by atoms with Crippen LogP contribution in [0.3, 0.4) is 0 Å². The normalized spacial score (nSPS) is 12.3. The van der Waals surface area contributed by atoms with Gasteiger partial charge < -0.3 is 10.6 Å². The Hall–Kier alpha value is -1.62. The Labute approximate surface area is 157 Å². The van der Waals surface area contributed by atoms with Crippen LogP contribution in [-0.4, -0.2) is 12.5 Å². The van der Waals surface area contributed by atoms with Crippen molar-refractivity contribution < 1.29 is 9.18 Å². The quantitative estimate of drug-likeness (QED) is 0.705. The number of carbonyl (C=O) groups is 1. The highest BCUT2D eigenvalue weighted by Gasteiger charge is 2.18. The number of halogens is 3.